The molecule has 0 N–H and O–H groups in total. The van der Waals surface area contributed by atoms with Crippen molar-refractivity contribution in [2.24, 2.45) is 0 Å². The lowest BCUT2D eigenvalue weighted by Crippen LogP contribution is -2.35. The first kappa shape index (κ1) is 21.4. The Balaban J connectivity index is 1.34. The van der Waals surface area contributed by atoms with E-state index in [9.17, 15) is 9.18 Å². The summed E-state index contributed by atoms with van der Waals surface area (Å²) in [6.07, 6.45) is 5.21. The largest absolute Gasteiger partial charge is 0.298 e. The van der Waals surface area contributed by atoms with Crippen molar-refractivity contribution < 1.29 is 4.39 Å². The Hall–Kier alpha value is -2.42. The van der Waals surface area contributed by atoms with Gasteiger partial charge in [0.15, 0.2) is 0 Å². The monoisotopic (exact) mass is 468 g/mol. The van der Waals surface area contributed by atoms with Gasteiger partial charge in [-0.15, -0.1) is 22.7 Å². The van der Waals surface area contributed by atoms with Crippen molar-refractivity contribution in [1.29, 1.82) is 0 Å². The highest BCUT2D eigenvalue weighted by molar-refractivity contribution is 7.18. The van der Waals surface area contributed by atoms with E-state index in [-0.39, 0.29) is 11.4 Å². The number of halogens is 1. The van der Waals surface area contributed by atoms with Crippen LogP contribution in [0.4, 0.5) is 4.39 Å². The zero-order valence-electron chi connectivity index (χ0n) is 18.2. The third kappa shape index (κ3) is 4.27. The second-order valence-electron chi connectivity index (χ2n) is 8.50. The highest BCUT2D eigenvalue weighted by Crippen LogP contribution is 2.35. The molecule has 0 spiro atoms. The summed E-state index contributed by atoms with van der Waals surface area (Å²) in [7, 11) is 2.17. The average Bonchev–Trinajstić information content (AvgIpc) is 3.37. The van der Waals surface area contributed by atoms with E-state index in [1.807, 2.05) is 6.92 Å². The quantitative estimate of drug-likeness (QED) is 0.415. The van der Waals surface area contributed by atoms with Crippen LogP contribution >= 0.6 is 22.7 Å². The molecule has 1 atom stereocenters. The Bertz CT molecular complexity index is 1310. The topological polar surface area (TPSA) is 51.0 Å². The van der Waals surface area contributed by atoms with E-state index in [0.717, 1.165) is 52.3 Å². The molecule has 3 aromatic heterocycles. The minimum atomic E-state index is -0.246. The molecule has 0 bridgehead atoms. The summed E-state index contributed by atoms with van der Waals surface area (Å²) in [5, 5.41) is 4.04. The van der Waals surface area contributed by atoms with Gasteiger partial charge in [-0.1, -0.05) is 12.1 Å². The molecule has 0 fully saturated rings. The van der Waals surface area contributed by atoms with Crippen LogP contribution in [0.15, 0.2) is 40.8 Å². The Morgan fingerprint density at radius 2 is 2.09 bits per heavy atom. The molecule has 32 heavy (non-hydrogen) atoms. The molecule has 3 heterocycles. The van der Waals surface area contributed by atoms with Crippen molar-refractivity contribution in [3.8, 4) is 0 Å². The van der Waals surface area contributed by atoms with Crippen LogP contribution in [0.25, 0.3) is 10.2 Å². The number of benzene rings is 1. The van der Waals surface area contributed by atoms with Gasteiger partial charge < -0.3 is 0 Å². The summed E-state index contributed by atoms with van der Waals surface area (Å²) in [6.45, 7) is 3.43. The Morgan fingerprint density at radius 1 is 1.28 bits per heavy atom. The van der Waals surface area contributed by atoms with E-state index in [0.29, 0.717) is 19.0 Å². The molecule has 1 aromatic carbocycles. The van der Waals surface area contributed by atoms with Crippen LogP contribution in [0, 0.1) is 12.7 Å². The molecule has 166 valence electrons. The maximum Gasteiger partial charge on any atom is 0.262 e. The zero-order valence-corrected chi connectivity index (χ0v) is 19.8. The fourth-order valence-corrected chi connectivity index (χ4v) is 6.52. The summed E-state index contributed by atoms with van der Waals surface area (Å²) in [5.74, 6) is -0.246. The van der Waals surface area contributed by atoms with Gasteiger partial charge in [-0.2, -0.15) is 0 Å². The third-order valence-electron chi connectivity index (χ3n) is 6.24. The number of rotatable bonds is 6. The fraction of sp³-hybridized carbons (Fsp3) is 0.375. The summed E-state index contributed by atoms with van der Waals surface area (Å²) in [5.41, 5.74) is 3.32. The molecule has 0 amide bonds. The van der Waals surface area contributed by atoms with Crippen molar-refractivity contribution in [2.75, 3.05) is 7.05 Å². The molecule has 0 unspecified atom stereocenters. The lowest BCUT2D eigenvalue weighted by Gasteiger charge is -2.30. The van der Waals surface area contributed by atoms with Gasteiger partial charge in [0.05, 0.1) is 18.3 Å². The van der Waals surface area contributed by atoms with Crippen LogP contribution in [0.3, 0.4) is 0 Å². The number of hydrogen-bond donors (Lipinski definition) is 0. The van der Waals surface area contributed by atoms with Gasteiger partial charge in [0, 0.05) is 28.5 Å². The van der Waals surface area contributed by atoms with E-state index < -0.39 is 0 Å². The molecule has 4 aromatic rings. The molecule has 0 saturated carbocycles. The Kier molecular flexibility index (Phi) is 5.92. The maximum atomic E-state index is 13.2. The van der Waals surface area contributed by atoms with Gasteiger partial charge in [0.1, 0.15) is 15.7 Å². The van der Waals surface area contributed by atoms with Crippen molar-refractivity contribution in [3.63, 3.8) is 0 Å². The molecule has 0 radical (unpaired) electrons. The smallest absolute Gasteiger partial charge is 0.262 e. The van der Waals surface area contributed by atoms with Crippen molar-refractivity contribution >= 4 is 32.9 Å². The number of aromatic nitrogens is 3. The molecule has 1 aliphatic carbocycles. The lowest BCUT2D eigenvalue weighted by atomic mass is 9.92. The second-order valence-corrected chi connectivity index (χ2v) is 10.5. The first-order valence-corrected chi connectivity index (χ1v) is 12.5. The highest BCUT2D eigenvalue weighted by Gasteiger charge is 2.27. The van der Waals surface area contributed by atoms with Crippen molar-refractivity contribution in [1.82, 2.24) is 19.4 Å². The summed E-state index contributed by atoms with van der Waals surface area (Å²) in [4.78, 5) is 27.0. The van der Waals surface area contributed by atoms with Crippen LogP contribution in [0.1, 0.15) is 33.1 Å². The van der Waals surface area contributed by atoms with Gasteiger partial charge in [-0.3, -0.25) is 14.3 Å². The molecule has 5 nitrogen and oxygen atoms in total. The van der Waals surface area contributed by atoms with E-state index in [4.69, 9.17) is 0 Å². The predicted molar refractivity (Wildman–Crippen MR) is 128 cm³/mol. The van der Waals surface area contributed by atoms with Crippen LogP contribution in [-0.4, -0.2) is 32.5 Å². The van der Waals surface area contributed by atoms with Gasteiger partial charge in [-0.05, 0) is 62.9 Å². The van der Waals surface area contributed by atoms with Gasteiger partial charge >= 0.3 is 0 Å². The molecule has 0 saturated heterocycles. The number of aryl methyl sites for hydroxylation is 4. The summed E-state index contributed by atoms with van der Waals surface area (Å²) >= 11 is 3.38. The van der Waals surface area contributed by atoms with Crippen LogP contribution in [-0.2, 0) is 32.4 Å². The predicted octanol–water partition coefficient (Wildman–Crippen LogP) is 4.59. The van der Waals surface area contributed by atoms with Gasteiger partial charge in [-0.25, -0.2) is 14.4 Å². The Labute approximate surface area is 194 Å². The number of hydrogen-bond acceptors (Lipinski definition) is 6. The fourth-order valence-electron chi connectivity index (χ4n) is 4.44. The number of fused-ring (bicyclic) bond motifs is 3. The maximum absolute atomic E-state index is 13.2. The van der Waals surface area contributed by atoms with Crippen LogP contribution in [0.5, 0.6) is 0 Å². The number of nitrogens with zero attached hydrogens (tertiary/aromatic N) is 4. The summed E-state index contributed by atoms with van der Waals surface area (Å²) in [6, 6.07) is 6.89. The average molecular weight is 469 g/mol. The molecule has 0 aliphatic heterocycles. The van der Waals surface area contributed by atoms with Crippen molar-refractivity contribution in [2.45, 2.75) is 51.7 Å². The highest BCUT2D eigenvalue weighted by atomic mass is 32.1. The van der Waals surface area contributed by atoms with Gasteiger partial charge in [0.25, 0.3) is 5.56 Å². The molecule has 5 rings (SSSR count). The normalized spacial score (nSPS) is 16.1. The summed E-state index contributed by atoms with van der Waals surface area (Å²) < 4.78 is 14.8. The Morgan fingerprint density at radius 3 is 2.84 bits per heavy atom. The molecule has 1 aliphatic rings. The first-order chi connectivity index (χ1) is 15.5. The standard InChI is InChI=1S/C24H25FN4OS2/c1-15-13-31-21(27-15)12-28(2)18-7-8-19-20(11-18)32-23-22(19)24(30)29(14-26-23)10-9-16-3-5-17(25)6-4-16/h3-6,13-14,18H,7-12H2,1-2H3/t18-/m0/s1. The minimum Gasteiger partial charge on any atom is -0.298 e. The van der Waals surface area contributed by atoms with E-state index in [1.165, 1.54) is 22.6 Å². The van der Waals surface area contributed by atoms with Crippen molar-refractivity contribution in [3.05, 3.63) is 78.8 Å². The van der Waals surface area contributed by atoms with E-state index >= 15 is 0 Å². The molecule has 8 heteroatoms. The van der Waals surface area contributed by atoms with Gasteiger partial charge in [0.2, 0.25) is 0 Å². The third-order valence-corrected chi connectivity index (χ3v) is 8.35. The zero-order chi connectivity index (χ0) is 22.2. The van der Waals surface area contributed by atoms with E-state index in [2.05, 4.69) is 27.3 Å². The van der Waals surface area contributed by atoms with Crippen LogP contribution < -0.4 is 5.56 Å². The molecular weight excluding hydrogens is 443 g/mol. The number of thiophene rings is 1. The molecular formula is C24H25FN4OS2. The number of thiazole rings is 1. The SMILES string of the molecule is Cc1csc(CN(C)[C@H]2CCc3c(sc4ncn(CCc5ccc(F)cc5)c(=O)c34)C2)n1. The van der Waals surface area contributed by atoms with Crippen LogP contribution in [0.2, 0.25) is 0 Å². The minimum absolute atomic E-state index is 0.0414. The van der Waals surface area contributed by atoms with E-state index in [1.54, 1.807) is 45.7 Å². The lowest BCUT2D eigenvalue weighted by molar-refractivity contribution is 0.215. The number of likely N-dealkylation sites (N-methyl/N-ethyl adjacent to an activating group) is 1. The second kappa shape index (κ2) is 8.84. The first-order valence-electron chi connectivity index (χ1n) is 10.8.